The van der Waals surface area contributed by atoms with E-state index in [9.17, 15) is 18.8 Å². The van der Waals surface area contributed by atoms with E-state index >= 15 is 0 Å². The number of likely N-dealkylation sites (tertiary alicyclic amines) is 1. The number of allylic oxidation sites excluding steroid dienone is 2. The monoisotopic (exact) mass is 302 g/mol. The van der Waals surface area contributed by atoms with E-state index in [0.29, 0.717) is 12.8 Å². The van der Waals surface area contributed by atoms with Gasteiger partial charge in [0.05, 0.1) is 17.5 Å². The third-order valence-electron chi connectivity index (χ3n) is 4.05. The average Bonchev–Trinajstić information content (AvgIpc) is 2.75. The van der Waals surface area contributed by atoms with Crippen molar-refractivity contribution in [3.63, 3.8) is 0 Å². The van der Waals surface area contributed by atoms with E-state index in [-0.39, 0.29) is 35.9 Å². The molecule has 0 aromatic heterocycles. The lowest BCUT2D eigenvalue weighted by molar-refractivity contribution is -0.142. The van der Waals surface area contributed by atoms with Crippen molar-refractivity contribution in [2.75, 3.05) is 11.9 Å². The Balaban J connectivity index is 1.68. The van der Waals surface area contributed by atoms with E-state index < -0.39 is 11.7 Å². The van der Waals surface area contributed by atoms with Gasteiger partial charge in [0.15, 0.2) is 0 Å². The number of para-hydroxylation sites is 1. The maximum atomic E-state index is 13.5. The van der Waals surface area contributed by atoms with Crippen molar-refractivity contribution in [3.8, 4) is 0 Å². The first-order valence-electron chi connectivity index (χ1n) is 7.12. The van der Waals surface area contributed by atoms with Crippen LogP contribution in [0, 0.1) is 17.7 Å². The number of imide groups is 1. The first-order chi connectivity index (χ1) is 10.6. The van der Waals surface area contributed by atoms with Crippen molar-refractivity contribution in [1.29, 1.82) is 0 Å². The highest BCUT2D eigenvalue weighted by Gasteiger charge is 2.47. The molecule has 2 atom stereocenters. The minimum Gasteiger partial charge on any atom is -0.322 e. The molecule has 3 rings (SSSR count). The number of nitrogens with zero attached hydrogens (tertiary/aromatic N) is 1. The Morgan fingerprint density at radius 1 is 1.14 bits per heavy atom. The lowest BCUT2D eigenvalue weighted by Crippen LogP contribution is -2.38. The van der Waals surface area contributed by atoms with Crippen LogP contribution < -0.4 is 5.32 Å². The van der Waals surface area contributed by atoms with Crippen LogP contribution in [0.2, 0.25) is 0 Å². The summed E-state index contributed by atoms with van der Waals surface area (Å²) in [5.41, 5.74) is 0.0330. The number of carbonyl (C=O) groups is 3. The second kappa shape index (κ2) is 5.71. The van der Waals surface area contributed by atoms with Crippen molar-refractivity contribution in [2.45, 2.75) is 12.8 Å². The van der Waals surface area contributed by atoms with Gasteiger partial charge in [0.1, 0.15) is 12.4 Å². The molecule has 2 aliphatic rings. The molecule has 1 aromatic carbocycles. The molecule has 1 aliphatic carbocycles. The minimum atomic E-state index is -0.585. The number of hydrogen-bond donors (Lipinski definition) is 1. The largest absolute Gasteiger partial charge is 0.322 e. The lowest BCUT2D eigenvalue weighted by atomic mass is 9.85. The second-order valence-corrected chi connectivity index (χ2v) is 5.45. The Morgan fingerprint density at radius 3 is 2.32 bits per heavy atom. The van der Waals surface area contributed by atoms with Crippen molar-refractivity contribution in [2.24, 2.45) is 11.8 Å². The van der Waals surface area contributed by atoms with Gasteiger partial charge < -0.3 is 5.32 Å². The molecule has 1 N–H and O–H groups in total. The summed E-state index contributed by atoms with van der Waals surface area (Å²) < 4.78 is 13.5. The van der Waals surface area contributed by atoms with Gasteiger partial charge in [0.25, 0.3) is 0 Å². The third kappa shape index (κ3) is 2.52. The number of carbonyl (C=O) groups excluding carboxylic acids is 3. The van der Waals surface area contributed by atoms with Crippen LogP contribution in [-0.2, 0) is 14.4 Å². The van der Waals surface area contributed by atoms with Crippen molar-refractivity contribution in [3.05, 3.63) is 42.2 Å². The molecule has 0 spiro atoms. The fourth-order valence-corrected chi connectivity index (χ4v) is 2.92. The first-order valence-corrected chi connectivity index (χ1v) is 7.12. The number of anilines is 1. The van der Waals surface area contributed by atoms with Gasteiger partial charge in [-0.15, -0.1) is 0 Å². The standard InChI is InChI=1S/C16H15FN2O3/c17-12-7-3-4-8-13(12)18-14(20)9-19-15(21)10-5-1-2-6-11(10)16(19)22/h1-4,7-8,10-11H,5-6,9H2,(H,18,20)/t10-,11-/m0/s1. The van der Waals surface area contributed by atoms with Gasteiger partial charge in [-0.2, -0.15) is 0 Å². The molecule has 0 unspecified atom stereocenters. The molecular weight excluding hydrogens is 287 g/mol. The van der Waals surface area contributed by atoms with Gasteiger partial charge >= 0.3 is 0 Å². The number of benzene rings is 1. The zero-order chi connectivity index (χ0) is 15.7. The first kappa shape index (κ1) is 14.4. The van der Waals surface area contributed by atoms with Crippen molar-refractivity contribution < 1.29 is 18.8 Å². The van der Waals surface area contributed by atoms with Crippen LogP contribution in [0.4, 0.5) is 10.1 Å². The molecule has 0 bridgehead atoms. The summed E-state index contributed by atoms with van der Waals surface area (Å²) in [6.45, 7) is -0.376. The van der Waals surface area contributed by atoms with Gasteiger partial charge in [-0.25, -0.2) is 4.39 Å². The predicted molar refractivity (Wildman–Crippen MR) is 77.1 cm³/mol. The lowest BCUT2D eigenvalue weighted by Gasteiger charge is -2.14. The highest BCUT2D eigenvalue weighted by Crippen LogP contribution is 2.34. The zero-order valence-corrected chi connectivity index (χ0v) is 11.8. The normalized spacial score (nSPS) is 23.6. The molecule has 5 nitrogen and oxygen atoms in total. The molecule has 1 heterocycles. The zero-order valence-electron chi connectivity index (χ0n) is 11.8. The molecule has 1 fully saturated rings. The molecule has 0 saturated carbocycles. The summed E-state index contributed by atoms with van der Waals surface area (Å²) in [7, 11) is 0. The van der Waals surface area contributed by atoms with Crippen LogP contribution in [0.15, 0.2) is 36.4 Å². The summed E-state index contributed by atoms with van der Waals surface area (Å²) >= 11 is 0. The van der Waals surface area contributed by atoms with Gasteiger partial charge in [-0.05, 0) is 25.0 Å². The van der Waals surface area contributed by atoms with Crippen LogP contribution in [0.25, 0.3) is 0 Å². The number of amides is 3. The summed E-state index contributed by atoms with van der Waals surface area (Å²) in [5.74, 6) is -2.50. The number of fused-ring (bicyclic) bond motifs is 1. The van der Waals surface area contributed by atoms with Crippen LogP contribution >= 0.6 is 0 Å². The summed E-state index contributed by atoms with van der Waals surface area (Å²) in [4.78, 5) is 37.4. The van der Waals surface area contributed by atoms with Crippen molar-refractivity contribution in [1.82, 2.24) is 4.90 Å². The second-order valence-electron chi connectivity index (χ2n) is 5.45. The molecule has 1 aliphatic heterocycles. The third-order valence-corrected chi connectivity index (χ3v) is 4.05. The highest BCUT2D eigenvalue weighted by molar-refractivity contribution is 6.08. The van der Waals surface area contributed by atoms with Gasteiger partial charge in [-0.3, -0.25) is 19.3 Å². The quantitative estimate of drug-likeness (QED) is 0.683. The van der Waals surface area contributed by atoms with Gasteiger partial charge in [0, 0.05) is 0 Å². The topological polar surface area (TPSA) is 66.5 Å². The van der Waals surface area contributed by atoms with Crippen LogP contribution in [0.1, 0.15) is 12.8 Å². The Hall–Kier alpha value is -2.50. The van der Waals surface area contributed by atoms with E-state index in [1.807, 2.05) is 12.2 Å². The number of rotatable bonds is 3. The summed E-state index contributed by atoms with van der Waals surface area (Å²) in [5, 5.41) is 2.38. The van der Waals surface area contributed by atoms with Crippen LogP contribution in [0.5, 0.6) is 0 Å². The molecule has 1 aromatic rings. The molecular formula is C16H15FN2O3. The Labute approximate surface area is 126 Å². The van der Waals surface area contributed by atoms with Gasteiger partial charge in [-0.1, -0.05) is 24.3 Å². The van der Waals surface area contributed by atoms with E-state index in [1.165, 1.54) is 18.2 Å². The smallest absolute Gasteiger partial charge is 0.244 e. The number of hydrogen-bond acceptors (Lipinski definition) is 3. The maximum Gasteiger partial charge on any atom is 0.244 e. The highest BCUT2D eigenvalue weighted by atomic mass is 19.1. The van der Waals surface area contributed by atoms with Crippen LogP contribution in [0.3, 0.4) is 0 Å². The molecule has 22 heavy (non-hydrogen) atoms. The Kier molecular flexibility index (Phi) is 3.75. The van der Waals surface area contributed by atoms with E-state index in [1.54, 1.807) is 6.07 Å². The van der Waals surface area contributed by atoms with E-state index in [2.05, 4.69) is 5.32 Å². The summed E-state index contributed by atoms with van der Waals surface area (Å²) in [6, 6.07) is 5.74. The maximum absolute atomic E-state index is 13.5. The fourth-order valence-electron chi connectivity index (χ4n) is 2.92. The molecule has 3 amide bonds. The fraction of sp³-hybridized carbons (Fsp3) is 0.312. The summed E-state index contributed by atoms with van der Waals surface area (Å²) in [6.07, 6.45) is 4.83. The number of nitrogens with one attached hydrogen (secondary N) is 1. The van der Waals surface area contributed by atoms with E-state index in [0.717, 1.165) is 4.90 Å². The molecule has 6 heteroatoms. The Morgan fingerprint density at radius 2 is 1.73 bits per heavy atom. The minimum absolute atomic E-state index is 0.0330. The predicted octanol–water partition coefficient (Wildman–Crippen LogP) is 1.72. The van der Waals surface area contributed by atoms with Crippen molar-refractivity contribution >= 4 is 23.4 Å². The number of halogens is 1. The Bertz CT molecular complexity index is 645. The molecule has 0 radical (unpaired) electrons. The van der Waals surface area contributed by atoms with Gasteiger partial charge in [0.2, 0.25) is 17.7 Å². The molecule has 114 valence electrons. The van der Waals surface area contributed by atoms with E-state index in [4.69, 9.17) is 0 Å². The average molecular weight is 302 g/mol. The molecule has 1 saturated heterocycles. The van der Waals surface area contributed by atoms with Crippen LogP contribution in [-0.4, -0.2) is 29.2 Å². The SMILES string of the molecule is O=C(CN1C(=O)[C@H]2CC=CC[C@@H]2C1=O)Nc1ccccc1F.